The van der Waals surface area contributed by atoms with Crippen molar-refractivity contribution in [2.24, 2.45) is 0 Å². The number of anilines is 2. The van der Waals surface area contributed by atoms with Crippen molar-refractivity contribution in [1.29, 1.82) is 5.26 Å². The summed E-state index contributed by atoms with van der Waals surface area (Å²) in [6.07, 6.45) is 4.11. The Morgan fingerprint density at radius 2 is 2.25 bits per heavy atom. The first-order valence-corrected chi connectivity index (χ1v) is 10.1. The summed E-state index contributed by atoms with van der Waals surface area (Å²) in [6.45, 7) is 2.28. The van der Waals surface area contributed by atoms with E-state index in [9.17, 15) is 10.1 Å². The zero-order valence-electron chi connectivity index (χ0n) is 15.3. The molecule has 2 aromatic rings. The fourth-order valence-corrected chi connectivity index (χ4v) is 4.26. The van der Waals surface area contributed by atoms with E-state index < -0.39 is 0 Å². The highest BCUT2D eigenvalue weighted by molar-refractivity contribution is 8.04. The van der Waals surface area contributed by atoms with Gasteiger partial charge < -0.3 is 15.5 Å². The summed E-state index contributed by atoms with van der Waals surface area (Å²) in [6, 6.07) is 12.0. The van der Waals surface area contributed by atoms with Crippen LogP contribution in [0.25, 0.3) is 5.57 Å². The number of aromatic nitrogens is 2. The van der Waals surface area contributed by atoms with E-state index in [1.54, 1.807) is 12.3 Å². The van der Waals surface area contributed by atoms with Crippen molar-refractivity contribution in [3.05, 3.63) is 47.3 Å². The van der Waals surface area contributed by atoms with Crippen molar-refractivity contribution in [2.75, 3.05) is 30.3 Å². The lowest BCUT2D eigenvalue weighted by Gasteiger charge is -2.15. The molecule has 0 atom stereocenters. The topological polar surface area (TPSA) is 93.9 Å². The molecule has 1 aromatic carbocycles. The Kier molecular flexibility index (Phi) is 5.44. The largest absolute Gasteiger partial charge is 0.354 e. The van der Waals surface area contributed by atoms with Crippen LogP contribution in [0.2, 0.25) is 0 Å². The number of para-hydroxylation sites is 1. The molecule has 7 nitrogen and oxygen atoms in total. The van der Waals surface area contributed by atoms with Crippen LogP contribution >= 0.6 is 11.8 Å². The number of hydrogen-bond acceptors (Lipinski definition) is 7. The van der Waals surface area contributed by atoms with Gasteiger partial charge in [-0.2, -0.15) is 5.26 Å². The second-order valence-electron chi connectivity index (χ2n) is 6.57. The molecule has 2 aliphatic rings. The Morgan fingerprint density at radius 1 is 1.36 bits per heavy atom. The summed E-state index contributed by atoms with van der Waals surface area (Å²) in [5.41, 5.74) is 2.07. The fraction of sp³-hybridized carbons (Fsp3) is 0.300. The summed E-state index contributed by atoms with van der Waals surface area (Å²) in [4.78, 5) is 23.4. The summed E-state index contributed by atoms with van der Waals surface area (Å²) in [5, 5.41) is 17.0. The van der Waals surface area contributed by atoms with E-state index >= 15 is 0 Å². The molecule has 3 heterocycles. The SMILES string of the molecule is N#C/C(=C1/Nc2ccccc2S1)c1ccnc(NCCCN2CCCC2=O)n1. The minimum Gasteiger partial charge on any atom is -0.354 e. The third-order valence-corrected chi connectivity index (χ3v) is 5.74. The molecule has 8 heteroatoms. The van der Waals surface area contributed by atoms with Gasteiger partial charge in [0.2, 0.25) is 11.9 Å². The summed E-state index contributed by atoms with van der Waals surface area (Å²) >= 11 is 1.53. The molecule has 2 N–H and O–H groups in total. The number of fused-ring (bicyclic) bond motifs is 1. The van der Waals surface area contributed by atoms with E-state index in [0.29, 0.717) is 30.2 Å². The monoisotopic (exact) mass is 392 g/mol. The predicted octanol–water partition coefficient (Wildman–Crippen LogP) is 3.31. The number of nitriles is 1. The molecule has 0 radical (unpaired) electrons. The molecule has 0 spiro atoms. The van der Waals surface area contributed by atoms with E-state index in [1.165, 1.54) is 11.8 Å². The van der Waals surface area contributed by atoms with Crippen LogP contribution in [0, 0.1) is 11.3 Å². The number of benzene rings is 1. The van der Waals surface area contributed by atoms with Crippen molar-refractivity contribution < 1.29 is 4.79 Å². The Morgan fingerprint density at radius 3 is 3.04 bits per heavy atom. The van der Waals surface area contributed by atoms with Gasteiger partial charge in [0.1, 0.15) is 11.6 Å². The van der Waals surface area contributed by atoms with Crippen molar-refractivity contribution in [3.63, 3.8) is 0 Å². The highest BCUT2D eigenvalue weighted by Crippen LogP contribution is 2.43. The van der Waals surface area contributed by atoms with E-state index in [4.69, 9.17) is 0 Å². The standard InChI is InChI=1S/C20H20N6OS/c21-13-14(19-24-16-5-1-2-6-17(16)28-19)15-8-10-23-20(25-15)22-9-4-12-26-11-3-7-18(26)27/h1-2,5-6,8,10,24H,3-4,7,9,11-12H2,(H,22,23,25)/b19-14+. The van der Waals surface area contributed by atoms with Gasteiger partial charge in [-0.25, -0.2) is 9.97 Å². The maximum Gasteiger partial charge on any atom is 0.223 e. The van der Waals surface area contributed by atoms with E-state index in [1.807, 2.05) is 29.2 Å². The summed E-state index contributed by atoms with van der Waals surface area (Å²) in [5.74, 6) is 0.727. The fourth-order valence-electron chi connectivity index (χ4n) is 3.25. The number of thioether (sulfide) groups is 1. The maximum atomic E-state index is 11.6. The zero-order chi connectivity index (χ0) is 19.3. The molecular formula is C20H20N6OS. The Bertz CT molecular complexity index is 940. The quantitative estimate of drug-likeness (QED) is 0.575. The van der Waals surface area contributed by atoms with Gasteiger partial charge in [-0.3, -0.25) is 4.79 Å². The van der Waals surface area contributed by atoms with Crippen LogP contribution in [0.3, 0.4) is 0 Å². The first-order valence-electron chi connectivity index (χ1n) is 9.28. The van der Waals surface area contributed by atoms with E-state index in [2.05, 4.69) is 26.7 Å². The molecule has 2 aliphatic heterocycles. The van der Waals surface area contributed by atoms with Crippen LogP contribution < -0.4 is 10.6 Å². The van der Waals surface area contributed by atoms with Crippen LogP contribution in [0.4, 0.5) is 11.6 Å². The molecule has 1 amide bonds. The molecule has 28 heavy (non-hydrogen) atoms. The van der Waals surface area contributed by atoms with Crippen LogP contribution in [0.15, 0.2) is 46.5 Å². The number of likely N-dealkylation sites (tertiary alicyclic amines) is 1. The average Bonchev–Trinajstić information content (AvgIpc) is 3.32. The number of allylic oxidation sites excluding steroid dienone is 1. The molecule has 1 fully saturated rings. The first kappa shape index (κ1) is 18.3. The average molecular weight is 392 g/mol. The van der Waals surface area contributed by atoms with Gasteiger partial charge in [-0.1, -0.05) is 23.9 Å². The Hall–Kier alpha value is -3.05. The number of carbonyl (C=O) groups is 1. The number of hydrogen-bond donors (Lipinski definition) is 2. The van der Waals surface area contributed by atoms with Gasteiger partial charge in [-0.15, -0.1) is 0 Å². The lowest BCUT2D eigenvalue weighted by Crippen LogP contribution is -2.27. The third-order valence-electron chi connectivity index (χ3n) is 4.66. The lowest BCUT2D eigenvalue weighted by atomic mass is 10.2. The summed E-state index contributed by atoms with van der Waals surface area (Å²) < 4.78 is 0. The lowest BCUT2D eigenvalue weighted by molar-refractivity contribution is -0.127. The number of nitrogens with one attached hydrogen (secondary N) is 2. The van der Waals surface area contributed by atoms with Crippen LogP contribution in [0.1, 0.15) is 25.0 Å². The maximum absolute atomic E-state index is 11.6. The number of rotatable bonds is 6. The van der Waals surface area contributed by atoms with Crippen LogP contribution in [0.5, 0.6) is 0 Å². The minimum absolute atomic E-state index is 0.242. The smallest absolute Gasteiger partial charge is 0.223 e. The van der Waals surface area contributed by atoms with Crippen molar-refractivity contribution in [1.82, 2.24) is 14.9 Å². The molecule has 1 aromatic heterocycles. The van der Waals surface area contributed by atoms with Gasteiger partial charge in [0.25, 0.3) is 0 Å². The van der Waals surface area contributed by atoms with Gasteiger partial charge in [0.15, 0.2) is 0 Å². The molecule has 1 saturated heterocycles. The molecule has 142 valence electrons. The normalized spacial score (nSPS) is 17.1. The molecule has 0 saturated carbocycles. The van der Waals surface area contributed by atoms with Gasteiger partial charge in [0.05, 0.1) is 16.4 Å². The Balaban J connectivity index is 1.41. The van der Waals surface area contributed by atoms with Gasteiger partial charge in [-0.05, 0) is 31.0 Å². The molecule has 0 unspecified atom stereocenters. The molecular weight excluding hydrogens is 372 g/mol. The van der Waals surface area contributed by atoms with Gasteiger partial charge in [0, 0.05) is 37.1 Å². The number of amides is 1. The first-order chi connectivity index (χ1) is 13.7. The highest BCUT2D eigenvalue weighted by Gasteiger charge is 2.21. The van der Waals surface area contributed by atoms with Gasteiger partial charge >= 0.3 is 0 Å². The van der Waals surface area contributed by atoms with Crippen molar-refractivity contribution in [2.45, 2.75) is 24.2 Å². The van der Waals surface area contributed by atoms with E-state index in [0.717, 1.165) is 41.5 Å². The minimum atomic E-state index is 0.242. The van der Waals surface area contributed by atoms with Crippen LogP contribution in [-0.4, -0.2) is 40.4 Å². The highest BCUT2D eigenvalue weighted by atomic mass is 32.2. The zero-order valence-corrected chi connectivity index (χ0v) is 16.1. The molecule has 4 rings (SSSR count). The third kappa shape index (κ3) is 3.94. The van der Waals surface area contributed by atoms with Crippen molar-refractivity contribution in [3.8, 4) is 6.07 Å². The number of carbonyl (C=O) groups excluding carboxylic acids is 1. The van der Waals surface area contributed by atoms with Crippen molar-refractivity contribution >= 4 is 34.9 Å². The second-order valence-corrected chi connectivity index (χ2v) is 7.62. The molecule has 0 bridgehead atoms. The Labute approximate surface area is 167 Å². The predicted molar refractivity (Wildman–Crippen MR) is 109 cm³/mol. The number of nitrogens with zero attached hydrogens (tertiary/aromatic N) is 4. The van der Waals surface area contributed by atoms with E-state index in [-0.39, 0.29) is 5.91 Å². The van der Waals surface area contributed by atoms with Crippen LogP contribution in [-0.2, 0) is 4.79 Å². The molecule has 0 aliphatic carbocycles. The summed E-state index contributed by atoms with van der Waals surface area (Å²) in [7, 11) is 0. The second kappa shape index (κ2) is 8.31.